The molecule has 0 aromatic heterocycles. The van der Waals surface area contributed by atoms with Gasteiger partial charge >= 0.3 is 0 Å². The summed E-state index contributed by atoms with van der Waals surface area (Å²) >= 11 is 0. The van der Waals surface area contributed by atoms with E-state index in [0.717, 1.165) is 14.5 Å². The average molecular weight is 180 g/mol. The standard InChI is InChI=1S/C11H17P/c1-10(2)8-9-12-11-6-4-3-5-7-11/h3-7,10,12H,8-9H2,1-2H3. The third kappa shape index (κ3) is 3.88. The highest BCUT2D eigenvalue weighted by Gasteiger charge is 1.94. The third-order valence-corrected chi connectivity index (χ3v) is 3.10. The SMILES string of the molecule is CC(C)CCPc1ccccc1. The Kier molecular flexibility index (Phi) is 4.32. The molecule has 0 nitrogen and oxygen atoms in total. The van der Waals surface area contributed by atoms with Crippen LogP contribution in [0.25, 0.3) is 0 Å². The van der Waals surface area contributed by atoms with Crippen LogP contribution in [-0.4, -0.2) is 6.16 Å². The lowest BCUT2D eigenvalue weighted by Gasteiger charge is -2.03. The molecule has 0 heterocycles. The summed E-state index contributed by atoms with van der Waals surface area (Å²) in [6.07, 6.45) is 2.70. The first-order chi connectivity index (χ1) is 5.79. The topological polar surface area (TPSA) is 0 Å². The highest BCUT2D eigenvalue weighted by atomic mass is 31.1. The van der Waals surface area contributed by atoms with E-state index in [9.17, 15) is 0 Å². The van der Waals surface area contributed by atoms with Gasteiger partial charge in [-0.2, -0.15) is 0 Å². The summed E-state index contributed by atoms with van der Waals surface area (Å²) in [5.74, 6) is 0.848. The molecule has 0 fully saturated rings. The Morgan fingerprint density at radius 3 is 2.42 bits per heavy atom. The van der Waals surface area contributed by atoms with E-state index in [2.05, 4.69) is 44.2 Å². The zero-order chi connectivity index (χ0) is 8.81. The number of rotatable bonds is 4. The lowest BCUT2D eigenvalue weighted by atomic mass is 10.2. The Labute approximate surface area is 77.2 Å². The van der Waals surface area contributed by atoms with Crippen LogP contribution in [0.4, 0.5) is 0 Å². The van der Waals surface area contributed by atoms with Gasteiger partial charge in [-0.1, -0.05) is 52.8 Å². The quantitative estimate of drug-likeness (QED) is 0.625. The van der Waals surface area contributed by atoms with Crippen molar-refractivity contribution in [2.75, 3.05) is 6.16 Å². The van der Waals surface area contributed by atoms with Gasteiger partial charge in [0.25, 0.3) is 0 Å². The van der Waals surface area contributed by atoms with E-state index < -0.39 is 0 Å². The van der Waals surface area contributed by atoms with Gasteiger partial charge in [-0.15, -0.1) is 0 Å². The van der Waals surface area contributed by atoms with E-state index in [1.807, 2.05) is 0 Å². The molecule has 12 heavy (non-hydrogen) atoms. The minimum Gasteiger partial charge on any atom is -0.0904 e. The molecule has 0 spiro atoms. The summed E-state index contributed by atoms with van der Waals surface area (Å²) in [5, 5.41) is 1.50. The van der Waals surface area contributed by atoms with Gasteiger partial charge in [-0.05, 0) is 23.8 Å². The molecule has 0 aliphatic rings. The molecule has 0 saturated heterocycles. The first-order valence-electron chi connectivity index (χ1n) is 4.58. The Hall–Kier alpha value is -0.350. The Bertz CT molecular complexity index is 204. The van der Waals surface area contributed by atoms with Crippen LogP contribution in [0.3, 0.4) is 0 Å². The fourth-order valence-electron chi connectivity index (χ4n) is 1.06. The second kappa shape index (κ2) is 5.32. The Balaban J connectivity index is 2.25. The molecule has 0 N–H and O–H groups in total. The van der Waals surface area contributed by atoms with Crippen LogP contribution in [0.5, 0.6) is 0 Å². The van der Waals surface area contributed by atoms with Crippen LogP contribution in [0.2, 0.25) is 0 Å². The van der Waals surface area contributed by atoms with Gasteiger partial charge in [0.2, 0.25) is 0 Å². The predicted octanol–water partition coefficient (Wildman–Crippen LogP) is 3.04. The van der Waals surface area contributed by atoms with Crippen LogP contribution in [0.15, 0.2) is 30.3 Å². The average Bonchev–Trinajstić information content (AvgIpc) is 2.05. The predicted molar refractivity (Wildman–Crippen MR) is 58.7 cm³/mol. The highest BCUT2D eigenvalue weighted by molar-refractivity contribution is 7.47. The van der Waals surface area contributed by atoms with Crippen molar-refractivity contribution in [1.29, 1.82) is 0 Å². The summed E-state index contributed by atoms with van der Waals surface area (Å²) < 4.78 is 0. The fourth-order valence-corrected chi connectivity index (χ4v) is 2.50. The van der Waals surface area contributed by atoms with Gasteiger partial charge in [0.15, 0.2) is 0 Å². The second-order valence-corrected chi connectivity index (χ2v) is 4.91. The molecule has 1 aromatic carbocycles. The van der Waals surface area contributed by atoms with E-state index >= 15 is 0 Å². The summed E-state index contributed by atoms with van der Waals surface area (Å²) in [4.78, 5) is 0. The van der Waals surface area contributed by atoms with Crippen molar-refractivity contribution < 1.29 is 0 Å². The van der Waals surface area contributed by atoms with Crippen molar-refractivity contribution >= 4 is 13.9 Å². The molecule has 0 aliphatic heterocycles. The molecule has 1 unspecified atom stereocenters. The van der Waals surface area contributed by atoms with Crippen molar-refractivity contribution in [2.45, 2.75) is 20.3 Å². The largest absolute Gasteiger partial charge is 0.0904 e. The molecular weight excluding hydrogens is 163 g/mol. The molecule has 0 bridgehead atoms. The highest BCUT2D eigenvalue weighted by Crippen LogP contribution is 2.14. The molecule has 1 rings (SSSR count). The van der Waals surface area contributed by atoms with Crippen molar-refractivity contribution in [2.24, 2.45) is 5.92 Å². The summed E-state index contributed by atoms with van der Waals surface area (Å²) in [6, 6.07) is 10.8. The van der Waals surface area contributed by atoms with Crippen molar-refractivity contribution in [1.82, 2.24) is 0 Å². The molecule has 0 amide bonds. The van der Waals surface area contributed by atoms with E-state index in [0.29, 0.717) is 0 Å². The minimum absolute atomic E-state index is 0.848. The zero-order valence-corrected chi connectivity index (χ0v) is 8.88. The molecule has 0 aliphatic carbocycles. The van der Waals surface area contributed by atoms with Crippen molar-refractivity contribution in [3.8, 4) is 0 Å². The lowest BCUT2D eigenvalue weighted by Crippen LogP contribution is -1.96. The van der Waals surface area contributed by atoms with Gasteiger partial charge < -0.3 is 0 Å². The van der Waals surface area contributed by atoms with Gasteiger partial charge in [-0.25, -0.2) is 0 Å². The maximum Gasteiger partial charge on any atom is -0.0271 e. The molecule has 66 valence electrons. The van der Waals surface area contributed by atoms with Gasteiger partial charge in [0, 0.05) is 0 Å². The van der Waals surface area contributed by atoms with E-state index in [-0.39, 0.29) is 0 Å². The normalized spacial score (nSPS) is 11.6. The van der Waals surface area contributed by atoms with Crippen molar-refractivity contribution in [3.63, 3.8) is 0 Å². The van der Waals surface area contributed by atoms with Crippen LogP contribution in [-0.2, 0) is 0 Å². The van der Waals surface area contributed by atoms with E-state index in [1.54, 1.807) is 0 Å². The van der Waals surface area contributed by atoms with Crippen LogP contribution in [0, 0.1) is 5.92 Å². The maximum absolute atomic E-state index is 2.29. The van der Waals surface area contributed by atoms with Gasteiger partial charge in [0.1, 0.15) is 0 Å². The smallest absolute Gasteiger partial charge is 0.0271 e. The maximum atomic E-state index is 2.29. The molecule has 0 saturated carbocycles. The second-order valence-electron chi connectivity index (χ2n) is 3.48. The van der Waals surface area contributed by atoms with Gasteiger partial charge in [-0.3, -0.25) is 0 Å². The van der Waals surface area contributed by atoms with E-state index in [1.165, 1.54) is 17.9 Å². The Morgan fingerprint density at radius 2 is 1.83 bits per heavy atom. The number of hydrogen-bond donors (Lipinski definition) is 0. The Morgan fingerprint density at radius 1 is 1.17 bits per heavy atom. The lowest BCUT2D eigenvalue weighted by molar-refractivity contribution is 0.631. The summed E-state index contributed by atoms with van der Waals surface area (Å²) in [7, 11) is 0.997. The van der Waals surface area contributed by atoms with Crippen LogP contribution >= 0.6 is 8.58 Å². The first kappa shape index (κ1) is 9.74. The van der Waals surface area contributed by atoms with Gasteiger partial charge in [0.05, 0.1) is 0 Å². The monoisotopic (exact) mass is 180 g/mol. The van der Waals surface area contributed by atoms with Crippen molar-refractivity contribution in [3.05, 3.63) is 30.3 Å². The fraction of sp³-hybridized carbons (Fsp3) is 0.455. The molecular formula is C11H17P. The minimum atomic E-state index is 0.848. The van der Waals surface area contributed by atoms with Crippen LogP contribution in [0.1, 0.15) is 20.3 Å². The van der Waals surface area contributed by atoms with Crippen LogP contribution < -0.4 is 5.30 Å². The first-order valence-corrected chi connectivity index (χ1v) is 5.78. The molecule has 0 radical (unpaired) electrons. The number of benzene rings is 1. The molecule has 1 heteroatoms. The summed E-state index contributed by atoms with van der Waals surface area (Å²) in [6.45, 7) is 4.57. The third-order valence-electron chi connectivity index (χ3n) is 1.82. The number of hydrogen-bond acceptors (Lipinski definition) is 0. The summed E-state index contributed by atoms with van der Waals surface area (Å²) in [5.41, 5.74) is 0. The molecule has 1 aromatic rings. The van der Waals surface area contributed by atoms with E-state index in [4.69, 9.17) is 0 Å². The zero-order valence-electron chi connectivity index (χ0n) is 7.88. The molecule has 1 atom stereocenters.